The molecule has 2 aromatic heterocycles. The van der Waals surface area contributed by atoms with Crippen molar-refractivity contribution in [1.29, 1.82) is 0 Å². The summed E-state index contributed by atoms with van der Waals surface area (Å²) in [6.07, 6.45) is 6.48. The summed E-state index contributed by atoms with van der Waals surface area (Å²) < 4.78 is 1.59. The Morgan fingerprint density at radius 2 is 2.44 bits per heavy atom. The van der Waals surface area contributed by atoms with E-state index in [9.17, 15) is 5.11 Å². The van der Waals surface area contributed by atoms with Gasteiger partial charge in [-0.05, 0) is 12.1 Å². The Balaban J connectivity index is 2.61. The Hall–Kier alpha value is -2.30. The van der Waals surface area contributed by atoms with E-state index in [4.69, 9.17) is 5.73 Å². The number of aliphatic imine (C=N–C) groups is 1. The van der Waals surface area contributed by atoms with Crippen LogP contribution in [0, 0.1) is 0 Å². The number of nitrogens with zero attached hydrogens (tertiary/aromatic N) is 3. The average Bonchev–Trinajstić information content (AvgIpc) is 2.74. The van der Waals surface area contributed by atoms with Crippen molar-refractivity contribution < 1.29 is 5.11 Å². The molecule has 5 nitrogen and oxygen atoms in total. The predicted octanol–water partition coefficient (Wildman–Crippen LogP) is 1.04. The van der Waals surface area contributed by atoms with Crippen LogP contribution in [0.15, 0.2) is 35.7 Å². The Kier molecular flexibility index (Phi) is 2.59. The smallest absolute Gasteiger partial charge is 0.141 e. The molecule has 0 aliphatic rings. The van der Waals surface area contributed by atoms with Crippen molar-refractivity contribution in [3.63, 3.8) is 0 Å². The molecule has 3 N–H and O–H groups in total. The van der Waals surface area contributed by atoms with Crippen molar-refractivity contribution >= 4 is 17.3 Å². The lowest BCUT2D eigenvalue weighted by Gasteiger charge is -2.04. The summed E-state index contributed by atoms with van der Waals surface area (Å²) in [5.74, 6) is 0.166. The molecular weight excluding hydrogens is 204 g/mol. The van der Waals surface area contributed by atoms with Gasteiger partial charge in [0.25, 0.3) is 0 Å². The van der Waals surface area contributed by atoms with Gasteiger partial charge in [-0.2, -0.15) is 5.10 Å². The third kappa shape index (κ3) is 1.63. The number of aromatic nitrogens is 2. The van der Waals surface area contributed by atoms with Gasteiger partial charge in [0.15, 0.2) is 0 Å². The number of allylic oxidation sites excluding steroid dienone is 1. The lowest BCUT2D eigenvalue weighted by Crippen LogP contribution is -1.95. The number of hydrogen-bond acceptors (Lipinski definition) is 4. The summed E-state index contributed by atoms with van der Waals surface area (Å²) in [6, 6.07) is 3.37. The molecule has 2 aromatic rings. The van der Waals surface area contributed by atoms with Gasteiger partial charge < -0.3 is 10.8 Å². The van der Waals surface area contributed by atoms with E-state index in [0.717, 1.165) is 11.1 Å². The minimum atomic E-state index is 0.166. The van der Waals surface area contributed by atoms with E-state index in [-0.39, 0.29) is 5.75 Å². The van der Waals surface area contributed by atoms with Crippen molar-refractivity contribution in [1.82, 2.24) is 9.61 Å². The number of pyridine rings is 1. The van der Waals surface area contributed by atoms with Crippen molar-refractivity contribution in [3.8, 4) is 5.75 Å². The van der Waals surface area contributed by atoms with Crippen molar-refractivity contribution in [2.45, 2.75) is 0 Å². The zero-order valence-electron chi connectivity index (χ0n) is 8.83. The monoisotopic (exact) mass is 216 g/mol. The molecule has 0 saturated heterocycles. The van der Waals surface area contributed by atoms with Crippen LogP contribution in [0.4, 0.5) is 0 Å². The first-order valence-electron chi connectivity index (χ1n) is 4.77. The van der Waals surface area contributed by atoms with Crippen LogP contribution < -0.4 is 5.73 Å². The predicted molar refractivity (Wildman–Crippen MR) is 63.4 cm³/mol. The first kappa shape index (κ1) is 10.2. The fraction of sp³-hybridized carbons (Fsp3) is 0.0909. The van der Waals surface area contributed by atoms with E-state index >= 15 is 0 Å². The maximum absolute atomic E-state index is 9.78. The van der Waals surface area contributed by atoms with E-state index < -0.39 is 0 Å². The SMILES string of the molecule is CN=CC(=CN)c1cc(O)c2ccnn2c1. The van der Waals surface area contributed by atoms with E-state index in [0.29, 0.717) is 5.52 Å². The number of rotatable bonds is 2. The van der Waals surface area contributed by atoms with Crippen LogP contribution in [0.3, 0.4) is 0 Å². The van der Waals surface area contributed by atoms with Gasteiger partial charge in [-0.1, -0.05) is 0 Å². The van der Waals surface area contributed by atoms with Gasteiger partial charge in [0.05, 0.1) is 6.20 Å². The number of fused-ring (bicyclic) bond motifs is 1. The van der Waals surface area contributed by atoms with Crippen LogP contribution in [0.2, 0.25) is 0 Å². The molecule has 0 aliphatic carbocycles. The lowest BCUT2D eigenvalue weighted by atomic mass is 10.1. The van der Waals surface area contributed by atoms with E-state index in [1.807, 2.05) is 0 Å². The molecule has 0 saturated carbocycles. The molecule has 0 radical (unpaired) electrons. The third-order valence-corrected chi connectivity index (χ3v) is 2.27. The molecule has 0 spiro atoms. The number of hydrogen-bond donors (Lipinski definition) is 2. The maximum atomic E-state index is 9.78. The highest BCUT2D eigenvalue weighted by molar-refractivity contribution is 6.09. The standard InChI is InChI=1S/C11H12N4O/c1-13-6-9(5-12)8-4-11(16)10-2-3-14-15(10)7-8/h2-7,16H,12H2,1H3. The summed E-state index contributed by atoms with van der Waals surface area (Å²) in [4.78, 5) is 3.90. The fourth-order valence-corrected chi connectivity index (χ4v) is 1.52. The first-order valence-corrected chi connectivity index (χ1v) is 4.77. The topological polar surface area (TPSA) is 75.9 Å². The lowest BCUT2D eigenvalue weighted by molar-refractivity contribution is 0.478. The summed E-state index contributed by atoms with van der Waals surface area (Å²) in [7, 11) is 1.66. The van der Waals surface area contributed by atoms with Crippen LogP contribution in [-0.2, 0) is 0 Å². The van der Waals surface area contributed by atoms with Crippen LogP contribution in [0.1, 0.15) is 5.56 Å². The normalized spacial score (nSPS) is 12.7. The van der Waals surface area contributed by atoms with Gasteiger partial charge in [0, 0.05) is 36.8 Å². The van der Waals surface area contributed by atoms with Crippen molar-refractivity contribution in [2.24, 2.45) is 10.7 Å². The highest BCUT2D eigenvalue weighted by atomic mass is 16.3. The van der Waals surface area contributed by atoms with E-state index in [1.54, 1.807) is 42.3 Å². The second-order valence-electron chi connectivity index (χ2n) is 3.28. The van der Waals surface area contributed by atoms with E-state index in [1.165, 1.54) is 6.20 Å². The molecule has 16 heavy (non-hydrogen) atoms. The van der Waals surface area contributed by atoms with Gasteiger partial charge in [-0.25, -0.2) is 4.52 Å². The molecule has 0 unspecified atom stereocenters. The summed E-state index contributed by atoms with van der Waals surface area (Å²) in [6.45, 7) is 0. The zero-order chi connectivity index (χ0) is 11.5. The van der Waals surface area contributed by atoms with Gasteiger partial charge in [-0.15, -0.1) is 0 Å². The van der Waals surface area contributed by atoms with Gasteiger partial charge >= 0.3 is 0 Å². The van der Waals surface area contributed by atoms with Crippen molar-refractivity contribution in [3.05, 3.63) is 36.3 Å². The minimum Gasteiger partial charge on any atom is -0.506 e. The summed E-state index contributed by atoms with van der Waals surface area (Å²) >= 11 is 0. The Morgan fingerprint density at radius 1 is 1.62 bits per heavy atom. The molecule has 0 bridgehead atoms. The second kappa shape index (κ2) is 4.06. The van der Waals surface area contributed by atoms with Crippen LogP contribution in [0.25, 0.3) is 11.1 Å². The summed E-state index contributed by atoms with van der Waals surface area (Å²) in [5.41, 5.74) is 7.65. The van der Waals surface area contributed by atoms with Crippen LogP contribution in [-0.4, -0.2) is 28.0 Å². The van der Waals surface area contributed by atoms with Gasteiger partial charge in [0.1, 0.15) is 11.3 Å². The largest absolute Gasteiger partial charge is 0.506 e. The second-order valence-corrected chi connectivity index (χ2v) is 3.28. The molecule has 0 fully saturated rings. The Morgan fingerprint density at radius 3 is 3.12 bits per heavy atom. The average molecular weight is 216 g/mol. The number of aromatic hydroxyl groups is 1. The highest BCUT2D eigenvalue weighted by Gasteiger charge is 2.05. The third-order valence-electron chi connectivity index (χ3n) is 2.27. The van der Waals surface area contributed by atoms with E-state index in [2.05, 4.69) is 10.1 Å². The molecule has 0 aliphatic heterocycles. The molecule has 0 aromatic carbocycles. The first-order chi connectivity index (χ1) is 7.76. The van der Waals surface area contributed by atoms with Crippen molar-refractivity contribution in [2.75, 3.05) is 7.05 Å². The molecule has 0 amide bonds. The fourth-order valence-electron chi connectivity index (χ4n) is 1.52. The van der Waals surface area contributed by atoms with Gasteiger partial charge in [-0.3, -0.25) is 4.99 Å². The Bertz CT molecular complexity index is 568. The molecule has 82 valence electrons. The molecule has 0 atom stereocenters. The van der Waals surface area contributed by atoms with Gasteiger partial charge in [0.2, 0.25) is 0 Å². The highest BCUT2D eigenvalue weighted by Crippen LogP contribution is 2.22. The zero-order valence-corrected chi connectivity index (χ0v) is 8.83. The molecular formula is C11H12N4O. The molecule has 2 rings (SSSR count). The summed E-state index contributed by atoms with van der Waals surface area (Å²) in [5, 5.41) is 13.8. The minimum absolute atomic E-state index is 0.166. The van der Waals surface area contributed by atoms with Crippen LogP contribution >= 0.6 is 0 Å². The molecule has 2 heterocycles. The quantitative estimate of drug-likeness (QED) is 0.736. The Labute approximate surface area is 92.5 Å². The van der Waals surface area contributed by atoms with Crippen LogP contribution in [0.5, 0.6) is 5.75 Å². The molecule has 5 heteroatoms. The number of nitrogens with two attached hydrogens (primary N) is 1. The maximum Gasteiger partial charge on any atom is 0.141 e.